The Balaban J connectivity index is 2.25. The molecule has 7 heteroatoms. The van der Waals surface area contributed by atoms with Crippen LogP contribution >= 0.6 is 11.8 Å². The molecule has 1 aromatic rings. The number of carbonyl (C=O) groups excluding carboxylic acids is 2. The van der Waals surface area contributed by atoms with E-state index in [4.69, 9.17) is 0 Å². The zero-order valence-electron chi connectivity index (χ0n) is 15.2. The summed E-state index contributed by atoms with van der Waals surface area (Å²) in [6, 6.07) is 0. The first-order valence-corrected chi connectivity index (χ1v) is 8.54. The molecule has 1 saturated heterocycles. The number of thioether (sulfide) groups is 1. The lowest BCUT2D eigenvalue weighted by Gasteiger charge is -2.15. The Labute approximate surface area is 151 Å². The summed E-state index contributed by atoms with van der Waals surface area (Å²) in [6.07, 6.45) is 2.83. The lowest BCUT2D eigenvalue weighted by Crippen LogP contribution is -2.19. The molecule has 1 heterocycles. The van der Waals surface area contributed by atoms with E-state index in [2.05, 4.69) is 54.9 Å². The summed E-state index contributed by atoms with van der Waals surface area (Å²) in [5, 5.41) is 11.0. The molecule has 1 amide bonds. The Morgan fingerprint density at radius 1 is 1.04 bits per heavy atom. The number of nitrogens with one attached hydrogen (secondary N) is 1. The van der Waals surface area contributed by atoms with Gasteiger partial charge in [0.15, 0.2) is 5.17 Å². The number of rotatable bonds is 3. The highest BCUT2D eigenvalue weighted by Gasteiger charge is 2.25. The van der Waals surface area contributed by atoms with E-state index in [0.717, 1.165) is 23.4 Å². The van der Waals surface area contributed by atoms with Gasteiger partial charge in [-0.05, 0) is 74.2 Å². The van der Waals surface area contributed by atoms with Crippen molar-refractivity contribution in [1.29, 1.82) is 0 Å². The van der Waals surface area contributed by atoms with Crippen LogP contribution in [0.4, 0.5) is 0 Å². The first-order chi connectivity index (χ1) is 11.8. The SMILES string of the molecule is COC(=O)/C=C1/S/C(=N\N=Cc2c(C)c(C)c(C)c(C)c2C)NC1=O. The zero-order valence-corrected chi connectivity index (χ0v) is 16.0. The first kappa shape index (κ1) is 18.9. The van der Waals surface area contributed by atoms with Crippen molar-refractivity contribution in [2.24, 2.45) is 10.2 Å². The normalized spacial score (nSPS) is 17.6. The van der Waals surface area contributed by atoms with E-state index in [1.54, 1.807) is 6.21 Å². The van der Waals surface area contributed by atoms with Gasteiger partial charge in [0.2, 0.25) is 0 Å². The van der Waals surface area contributed by atoms with Crippen LogP contribution in [0.5, 0.6) is 0 Å². The lowest BCUT2D eigenvalue weighted by atomic mass is 9.90. The maximum Gasteiger partial charge on any atom is 0.331 e. The maximum atomic E-state index is 11.8. The molecule has 132 valence electrons. The molecule has 1 fully saturated rings. The largest absolute Gasteiger partial charge is 0.466 e. The Bertz CT molecular complexity index is 809. The van der Waals surface area contributed by atoms with E-state index >= 15 is 0 Å². The summed E-state index contributed by atoms with van der Waals surface area (Å²) in [5.41, 5.74) is 7.13. The molecule has 1 aliphatic rings. The molecule has 25 heavy (non-hydrogen) atoms. The number of ether oxygens (including phenoxy) is 1. The molecule has 0 atom stereocenters. The molecule has 0 bridgehead atoms. The predicted octanol–water partition coefficient (Wildman–Crippen LogP) is 2.84. The summed E-state index contributed by atoms with van der Waals surface area (Å²) in [5.74, 6) is -0.974. The fourth-order valence-electron chi connectivity index (χ4n) is 2.50. The van der Waals surface area contributed by atoms with Gasteiger partial charge in [-0.3, -0.25) is 10.1 Å². The lowest BCUT2D eigenvalue weighted by molar-refractivity contribution is -0.135. The standard InChI is InChI=1S/C18H21N3O3S/c1-9-10(2)12(4)14(13(5)11(9)3)8-19-21-18-20-17(23)15(25-18)7-16(22)24-6/h7-8H,1-6H3,(H,20,21,23)/b15-7+,19-8?. The minimum absolute atomic E-state index is 0.232. The smallest absolute Gasteiger partial charge is 0.331 e. The Kier molecular flexibility index (Phi) is 5.79. The molecule has 0 aliphatic carbocycles. The zero-order chi connectivity index (χ0) is 18.7. The summed E-state index contributed by atoms with van der Waals surface area (Å²) in [6.45, 7) is 10.4. The number of esters is 1. The van der Waals surface area contributed by atoms with Gasteiger partial charge >= 0.3 is 5.97 Å². The number of methoxy groups -OCH3 is 1. The molecule has 2 rings (SSSR count). The van der Waals surface area contributed by atoms with Crippen LogP contribution in [0.2, 0.25) is 0 Å². The third-order valence-corrected chi connectivity index (χ3v) is 5.39. The second-order valence-electron chi connectivity index (χ2n) is 5.78. The van der Waals surface area contributed by atoms with Gasteiger partial charge in [-0.2, -0.15) is 5.10 Å². The highest BCUT2D eigenvalue weighted by atomic mass is 32.2. The number of amides is 1. The number of hydrogen-bond donors (Lipinski definition) is 1. The molecule has 0 aromatic heterocycles. The van der Waals surface area contributed by atoms with Gasteiger partial charge in [0, 0.05) is 11.6 Å². The van der Waals surface area contributed by atoms with E-state index in [9.17, 15) is 9.59 Å². The second kappa shape index (κ2) is 7.65. The minimum atomic E-state index is -0.584. The third-order valence-electron chi connectivity index (χ3n) is 4.49. The average Bonchev–Trinajstić information content (AvgIpc) is 2.93. The summed E-state index contributed by atoms with van der Waals surface area (Å²) < 4.78 is 4.51. The summed E-state index contributed by atoms with van der Waals surface area (Å²) in [7, 11) is 1.26. The van der Waals surface area contributed by atoms with Crippen molar-refractivity contribution in [1.82, 2.24) is 5.32 Å². The van der Waals surface area contributed by atoms with Gasteiger partial charge in [0.05, 0.1) is 18.2 Å². The Morgan fingerprint density at radius 3 is 2.16 bits per heavy atom. The maximum absolute atomic E-state index is 11.8. The third kappa shape index (κ3) is 3.99. The average molecular weight is 359 g/mol. The van der Waals surface area contributed by atoms with Gasteiger partial charge in [0.25, 0.3) is 5.91 Å². The second-order valence-corrected chi connectivity index (χ2v) is 6.81. The molecule has 1 aliphatic heterocycles. The highest BCUT2D eigenvalue weighted by molar-refractivity contribution is 8.18. The van der Waals surface area contributed by atoms with E-state index < -0.39 is 11.9 Å². The van der Waals surface area contributed by atoms with Crippen LogP contribution in [-0.4, -0.2) is 30.4 Å². The molecule has 6 nitrogen and oxygen atoms in total. The van der Waals surface area contributed by atoms with E-state index in [1.807, 2.05) is 0 Å². The van der Waals surface area contributed by atoms with Crippen LogP contribution in [0.1, 0.15) is 33.4 Å². The number of nitrogens with zero attached hydrogens (tertiary/aromatic N) is 2. The highest BCUT2D eigenvalue weighted by Crippen LogP contribution is 2.25. The van der Waals surface area contributed by atoms with E-state index in [-0.39, 0.29) is 4.91 Å². The van der Waals surface area contributed by atoms with Crippen molar-refractivity contribution < 1.29 is 14.3 Å². The number of hydrogen-bond acceptors (Lipinski definition) is 6. The quantitative estimate of drug-likeness (QED) is 0.389. The molecule has 1 N–H and O–H groups in total. The van der Waals surface area contributed by atoms with Crippen LogP contribution in [0.3, 0.4) is 0 Å². The van der Waals surface area contributed by atoms with E-state index in [0.29, 0.717) is 5.17 Å². The van der Waals surface area contributed by atoms with E-state index in [1.165, 1.54) is 34.9 Å². The Hall–Kier alpha value is -2.41. The molecular formula is C18H21N3O3S. The van der Waals surface area contributed by atoms with Crippen molar-refractivity contribution in [3.63, 3.8) is 0 Å². The van der Waals surface area contributed by atoms with Crippen molar-refractivity contribution in [2.75, 3.05) is 7.11 Å². The summed E-state index contributed by atoms with van der Waals surface area (Å²) in [4.78, 5) is 23.2. The number of carbonyl (C=O) groups is 2. The van der Waals surface area contributed by atoms with Crippen molar-refractivity contribution in [3.8, 4) is 0 Å². The van der Waals surface area contributed by atoms with Crippen LogP contribution in [0, 0.1) is 34.6 Å². The molecule has 0 radical (unpaired) electrons. The van der Waals surface area contributed by atoms with Gasteiger partial charge < -0.3 is 4.74 Å². The van der Waals surface area contributed by atoms with Gasteiger partial charge in [0.1, 0.15) is 0 Å². The molecule has 0 saturated carbocycles. The molecule has 0 unspecified atom stereocenters. The minimum Gasteiger partial charge on any atom is -0.466 e. The van der Waals surface area contributed by atoms with Gasteiger partial charge in [-0.25, -0.2) is 4.79 Å². The molecule has 0 spiro atoms. The van der Waals surface area contributed by atoms with Crippen molar-refractivity contribution in [2.45, 2.75) is 34.6 Å². The molecular weight excluding hydrogens is 338 g/mol. The van der Waals surface area contributed by atoms with Crippen LogP contribution in [0.15, 0.2) is 21.2 Å². The topological polar surface area (TPSA) is 80.1 Å². The molecule has 1 aromatic carbocycles. The van der Waals surface area contributed by atoms with Crippen LogP contribution in [-0.2, 0) is 14.3 Å². The van der Waals surface area contributed by atoms with Crippen LogP contribution in [0.25, 0.3) is 0 Å². The predicted molar refractivity (Wildman–Crippen MR) is 101 cm³/mol. The monoisotopic (exact) mass is 359 g/mol. The number of amidine groups is 1. The van der Waals surface area contributed by atoms with Crippen molar-refractivity contribution in [3.05, 3.63) is 44.4 Å². The van der Waals surface area contributed by atoms with Crippen molar-refractivity contribution >= 4 is 35.0 Å². The van der Waals surface area contributed by atoms with Gasteiger partial charge in [-0.1, -0.05) is 0 Å². The number of benzene rings is 1. The Morgan fingerprint density at radius 2 is 1.60 bits per heavy atom. The fourth-order valence-corrected chi connectivity index (χ4v) is 3.24. The van der Waals surface area contributed by atoms with Gasteiger partial charge in [-0.15, -0.1) is 5.10 Å². The first-order valence-electron chi connectivity index (χ1n) is 7.73. The van der Waals surface area contributed by atoms with Crippen LogP contribution < -0.4 is 5.32 Å². The summed E-state index contributed by atoms with van der Waals surface area (Å²) >= 11 is 1.05. The fraction of sp³-hybridized carbons (Fsp3) is 0.333.